The van der Waals surface area contributed by atoms with E-state index >= 15 is 0 Å². The first-order valence-corrected chi connectivity index (χ1v) is 15.0. The van der Waals surface area contributed by atoms with Crippen molar-refractivity contribution < 1.29 is 19.1 Å². The van der Waals surface area contributed by atoms with E-state index in [2.05, 4.69) is 75.6 Å². The first-order chi connectivity index (χ1) is 20.7. The maximum absolute atomic E-state index is 12.6. The molecule has 4 aliphatic carbocycles. The summed E-state index contributed by atoms with van der Waals surface area (Å²) in [6, 6.07) is 23.8. The molecule has 43 heavy (non-hydrogen) atoms. The minimum absolute atomic E-state index is 0.315. The second-order valence-corrected chi connectivity index (χ2v) is 12.0. The van der Waals surface area contributed by atoms with Crippen LogP contribution in [0.15, 0.2) is 72.8 Å². The van der Waals surface area contributed by atoms with E-state index in [9.17, 15) is 9.59 Å². The molecule has 0 radical (unpaired) electrons. The van der Waals surface area contributed by atoms with Gasteiger partial charge in [-0.1, -0.05) is 87.8 Å². The molecule has 0 N–H and O–H groups in total. The van der Waals surface area contributed by atoms with Gasteiger partial charge in [0, 0.05) is 11.1 Å². The summed E-state index contributed by atoms with van der Waals surface area (Å²) in [6.45, 7) is 8.50. The van der Waals surface area contributed by atoms with Crippen molar-refractivity contribution in [3.63, 3.8) is 0 Å². The molecule has 1 aromatic rings. The molecule has 0 aliphatic heterocycles. The van der Waals surface area contributed by atoms with Crippen molar-refractivity contribution in [2.75, 3.05) is 14.2 Å². The number of hydrogen-bond donors (Lipinski definition) is 0. The highest BCUT2D eigenvalue weighted by molar-refractivity contribution is 7.13. The number of hydrogen-bond acceptors (Lipinski definition) is 5. The molecule has 0 atom stereocenters. The quantitative estimate of drug-likeness (QED) is 0.157. The summed E-state index contributed by atoms with van der Waals surface area (Å²) < 4.78 is 10.1. The van der Waals surface area contributed by atoms with E-state index < -0.39 is 0 Å². The molecular weight excluding hydrogens is 552 g/mol. The summed E-state index contributed by atoms with van der Waals surface area (Å²) in [5, 5.41) is 0. The van der Waals surface area contributed by atoms with E-state index in [0.29, 0.717) is 23.0 Å². The van der Waals surface area contributed by atoms with Gasteiger partial charge >= 0.3 is 11.9 Å². The van der Waals surface area contributed by atoms with Gasteiger partial charge in [-0.05, 0) is 81.6 Å². The summed E-state index contributed by atoms with van der Waals surface area (Å²) in [7, 11) is 2.79. The van der Waals surface area contributed by atoms with Crippen LogP contribution < -0.4 is 0 Å². The number of rotatable bonds is 4. The first kappa shape index (κ1) is 29.6. The Kier molecular flexibility index (Phi) is 8.67. The van der Waals surface area contributed by atoms with Crippen LogP contribution in [0.5, 0.6) is 0 Å². The maximum Gasteiger partial charge on any atom is 0.338 e. The van der Waals surface area contributed by atoms with E-state index in [1.165, 1.54) is 25.6 Å². The number of fused-ring (bicyclic) bond motifs is 2. The van der Waals surface area contributed by atoms with Crippen molar-refractivity contribution in [2.45, 2.75) is 39.5 Å². The van der Waals surface area contributed by atoms with Crippen molar-refractivity contribution >= 4 is 23.3 Å². The molecule has 4 aliphatic rings. The lowest BCUT2D eigenvalue weighted by atomic mass is 10.0. The zero-order valence-electron chi connectivity index (χ0n) is 25.1. The number of methoxy groups -OCH3 is 2. The van der Waals surface area contributed by atoms with Gasteiger partial charge < -0.3 is 9.47 Å². The highest BCUT2D eigenvalue weighted by Crippen LogP contribution is 2.35. The lowest BCUT2D eigenvalue weighted by Crippen LogP contribution is -2.00. The fourth-order valence-corrected chi connectivity index (χ4v) is 5.72. The minimum atomic E-state index is -0.378. The summed E-state index contributed by atoms with van der Waals surface area (Å²) in [5.74, 6) is 12.9. The molecule has 0 amide bonds. The maximum atomic E-state index is 12.6. The summed E-state index contributed by atoms with van der Waals surface area (Å²) in [5.41, 5.74) is 8.34. The van der Waals surface area contributed by atoms with Gasteiger partial charge in [0.05, 0.1) is 35.1 Å². The molecule has 4 nitrogen and oxygen atoms in total. The molecule has 0 unspecified atom stereocenters. The molecule has 0 saturated carbocycles. The van der Waals surface area contributed by atoms with Gasteiger partial charge in [-0.3, -0.25) is 0 Å². The predicted molar refractivity (Wildman–Crippen MR) is 173 cm³/mol. The van der Waals surface area contributed by atoms with Crippen molar-refractivity contribution in [3.8, 4) is 45.9 Å². The molecule has 214 valence electrons. The van der Waals surface area contributed by atoms with Crippen molar-refractivity contribution in [1.82, 2.24) is 0 Å². The van der Waals surface area contributed by atoms with E-state index in [1.807, 2.05) is 48.5 Å². The van der Waals surface area contributed by atoms with E-state index in [-0.39, 0.29) is 11.9 Å². The van der Waals surface area contributed by atoms with Crippen LogP contribution in [0, 0.1) is 23.7 Å². The normalized spacial score (nSPS) is 10.8. The van der Waals surface area contributed by atoms with Gasteiger partial charge in [-0.2, -0.15) is 0 Å². The number of carbonyl (C=O) groups is 2. The number of ether oxygens (including phenoxy) is 2. The Morgan fingerprint density at radius 3 is 1.37 bits per heavy atom. The van der Waals surface area contributed by atoms with Crippen LogP contribution >= 0.6 is 11.3 Å². The second-order valence-electron chi connectivity index (χ2n) is 10.9. The lowest BCUT2D eigenvalue weighted by Gasteiger charge is -2.04. The van der Waals surface area contributed by atoms with Crippen LogP contribution in [0.25, 0.3) is 22.3 Å². The number of thiophene rings is 1. The third-order valence-electron chi connectivity index (χ3n) is 7.43. The monoisotopic (exact) mass is 584 g/mol. The van der Waals surface area contributed by atoms with Crippen molar-refractivity contribution in [1.29, 1.82) is 0 Å². The Bertz CT molecular complexity index is 1760. The molecule has 0 fully saturated rings. The highest BCUT2D eigenvalue weighted by atomic mass is 32.1. The smallest absolute Gasteiger partial charge is 0.338 e. The summed E-state index contributed by atoms with van der Waals surface area (Å²) in [4.78, 5) is 26.9. The van der Waals surface area contributed by atoms with E-state index in [4.69, 9.17) is 9.47 Å². The molecule has 0 spiro atoms. The summed E-state index contributed by atoms with van der Waals surface area (Å²) in [6.07, 6.45) is 0. The minimum Gasteiger partial charge on any atom is -0.465 e. The van der Waals surface area contributed by atoms with Crippen LogP contribution in [-0.4, -0.2) is 26.2 Å². The average Bonchev–Trinajstić information content (AvgIpc) is 3.57. The van der Waals surface area contributed by atoms with Crippen LogP contribution in [0.1, 0.15) is 92.3 Å². The zero-order chi connectivity index (χ0) is 30.7. The third-order valence-corrected chi connectivity index (χ3v) is 8.35. The van der Waals surface area contributed by atoms with Gasteiger partial charge in [-0.15, -0.1) is 11.3 Å². The Balaban J connectivity index is 1.47. The van der Waals surface area contributed by atoms with Crippen LogP contribution in [0.3, 0.4) is 0 Å². The van der Waals surface area contributed by atoms with Crippen LogP contribution in [-0.2, 0) is 9.47 Å². The first-order valence-electron chi connectivity index (χ1n) is 14.1. The third kappa shape index (κ3) is 6.19. The molecular formula is C38H32O4S. The molecule has 0 saturated heterocycles. The van der Waals surface area contributed by atoms with Gasteiger partial charge in [0.25, 0.3) is 0 Å². The average molecular weight is 585 g/mol. The Morgan fingerprint density at radius 1 is 0.581 bits per heavy atom. The second kappa shape index (κ2) is 12.6. The van der Waals surface area contributed by atoms with E-state index in [1.54, 1.807) is 0 Å². The van der Waals surface area contributed by atoms with E-state index in [0.717, 1.165) is 54.3 Å². The SMILES string of the molecule is COC(=O)c1cc(C#Cc2ccc(C#Cc3cc(C(=O)OC)c4cc(C(C)C)cccc3-4)s2)c2cccc(C(C)C)cc1-2. The summed E-state index contributed by atoms with van der Waals surface area (Å²) >= 11 is 1.50. The lowest BCUT2D eigenvalue weighted by molar-refractivity contribution is 0.0593. The molecule has 1 heterocycles. The fraction of sp³-hybridized carbons (Fsp3) is 0.211. The van der Waals surface area contributed by atoms with Crippen molar-refractivity contribution in [2.24, 2.45) is 0 Å². The van der Waals surface area contributed by atoms with Crippen molar-refractivity contribution in [3.05, 3.63) is 116 Å². The Morgan fingerprint density at radius 2 is 1.00 bits per heavy atom. The molecule has 5 rings (SSSR count). The number of esters is 2. The number of carbonyl (C=O) groups excluding carboxylic acids is 2. The Labute approximate surface area is 257 Å². The molecule has 0 aromatic carbocycles. The molecule has 1 aromatic heterocycles. The van der Waals surface area contributed by atoms with Crippen LogP contribution in [0.2, 0.25) is 0 Å². The van der Waals surface area contributed by atoms with Gasteiger partial charge in [-0.25, -0.2) is 9.59 Å². The van der Waals surface area contributed by atoms with Gasteiger partial charge in [0.1, 0.15) is 0 Å². The Hall–Kier alpha value is -4.84. The van der Waals surface area contributed by atoms with Crippen LogP contribution in [0.4, 0.5) is 0 Å². The standard InChI is InChI=1S/C38H32O4S/c1-23(2)25-9-7-11-31-27(21-35(33(31)19-25)37(39)41-5)13-15-29-17-18-30(43-29)16-14-28-22-36(38(40)42-6)34-20-26(24(3)4)10-8-12-32(28)34/h7-12,17-24H,1-6H3. The molecule has 0 bridgehead atoms. The topological polar surface area (TPSA) is 52.6 Å². The predicted octanol–water partition coefficient (Wildman–Crippen LogP) is 8.58. The largest absolute Gasteiger partial charge is 0.465 e. The fourth-order valence-electron chi connectivity index (χ4n) is 5.00. The molecule has 5 heteroatoms. The van der Waals surface area contributed by atoms with Gasteiger partial charge in [0.2, 0.25) is 0 Å². The van der Waals surface area contributed by atoms with Gasteiger partial charge in [0.15, 0.2) is 0 Å². The zero-order valence-corrected chi connectivity index (χ0v) is 25.9. The highest BCUT2D eigenvalue weighted by Gasteiger charge is 2.22.